The largest absolute Gasteiger partial charge is 0.507 e. The number of phenolic OH excluding ortho intramolecular Hbond substituents is 2. The number of hydrogen-bond donors (Lipinski definition) is 5. The number of allylic oxidation sites excluding steroid dienone is 4. The van der Waals surface area contributed by atoms with E-state index in [9.17, 15) is 29.7 Å². The van der Waals surface area contributed by atoms with E-state index < -0.39 is 53.1 Å². The summed E-state index contributed by atoms with van der Waals surface area (Å²) in [6, 6.07) is 10.1. The van der Waals surface area contributed by atoms with E-state index in [1.54, 1.807) is 26.0 Å². The number of nitrogens with zero attached hydrogens (tertiary/aromatic N) is 4. The Balaban J connectivity index is 1.12. The van der Waals surface area contributed by atoms with Gasteiger partial charge in [0.25, 0.3) is 11.7 Å². The van der Waals surface area contributed by atoms with Crippen LogP contribution in [0.2, 0.25) is 0 Å². The zero-order valence-corrected chi connectivity index (χ0v) is 42.3. The van der Waals surface area contributed by atoms with Gasteiger partial charge in [0.2, 0.25) is 0 Å². The van der Waals surface area contributed by atoms with E-state index in [0.717, 1.165) is 39.1 Å². The number of piperidine rings is 1. The number of phenols is 2. The first kappa shape index (κ1) is 50.6. The van der Waals surface area contributed by atoms with Gasteiger partial charge in [-0.2, -0.15) is 0 Å². The molecule has 3 aromatic rings. The van der Waals surface area contributed by atoms with Gasteiger partial charge < -0.3 is 45.1 Å². The van der Waals surface area contributed by atoms with Gasteiger partial charge in [0.1, 0.15) is 28.6 Å². The number of Topliss-reactive ketones (excluding diaryl/α,β-unsaturated/α-hetero) is 1. The van der Waals surface area contributed by atoms with Crippen LogP contribution >= 0.6 is 0 Å². The number of aliphatic hydroxyl groups excluding tert-OH is 1. The molecule has 1 spiro atoms. The number of carbonyl (C=O) groups is 3. The first-order valence-electron chi connectivity index (χ1n) is 25.2. The predicted molar refractivity (Wildman–Crippen MR) is 268 cm³/mol. The lowest BCUT2D eigenvalue weighted by Crippen LogP contribution is -2.45. The summed E-state index contributed by atoms with van der Waals surface area (Å²) in [5, 5.41) is 42.6. The molecule has 5 bridgehead atoms. The third-order valence-electron chi connectivity index (χ3n) is 15.0. The van der Waals surface area contributed by atoms with Gasteiger partial charge in [0.15, 0.2) is 11.4 Å². The average molecular weight is 961 g/mol. The van der Waals surface area contributed by atoms with Crippen LogP contribution in [0.4, 0.5) is 10.5 Å². The third kappa shape index (κ3) is 10.3. The minimum atomic E-state index is -1.89. The van der Waals surface area contributed by atoms with Gasteiger partial charge in [0, 0.05) is 87.5 Å². The number of rotatable bonds is 6. The first-order chi connectivity index (χ1) is 33.3. The highest BCUT2D eigenvalue weighted by atomic mass is 16.7. The van der Waals surface area contributed by atoms with Crippen LogP contribution in [0.1, 0.15) is 109 Å². The second-order valence-corrected chi connectivity index (χ2v) is 21.3. The van der Waals surface area contributed by atoms with Crippen molar-refractivity contribution >= 4 is 34.2 Å². The summed E-state index contributed by atoms with van der Waals surface area (Å²) in [5.74, 6) is -4.11. The standard InChI is InChI=1S/C55H72N6O9/c1-31(2)28-60-24-21-55(22-25-60)58-43-40-41-47(63)37(8)50-42(40)51(65)54(9,70-50)68-26-14-17-33(4)49(69-53(67)56-39-20-23-61(30-39)29-38-18-11-10-12-19-38)36(7)46(62)35(6)27-32(3)15-13-16-34(5)52(66)57-45(48(41)64)44(43)59-55/h10-16,18-19,26,31-33,35-36,39,46,49,62-64H,17,20-25,27-30H2,1-9H3,(H,56,67)(H,57,66)/b15-13+,26-14+,34-16-/t32?,33-,35-,36-,39?,46?,49?,54?/m1/s1. The van der Waals surface area contributed by atoms with E-state index in [1.807, 2.05) is 58.0 Å². The number of ketones is 1. The van der Waals surface area contributed by atoms with Gasteiger partial charge in [-0.25, -0.2) is 4.79 Å². The molecule has 3 aromatic carbocycles. The maximum absolute atomic E-state index is 14.8. The molecule has 2 amide bonds. The van der Waals surface area contributed by atoms with Crippen molar-refractivity contribution in [3.8, 4) is 17.2 Å². The fourth-order valence-corrected chi connectivity index (χ4v) is 11.1. The lowest BCUT2D eigenvalue weighted by Gasteiger charge is -2.36. The molecule has 6 aliphatic heterocycles. The molecular formula is C55H72N6O9. The highest BCUT2D eigenvalue weighted by Crippen LogP contribution is 2.50. The molecule has 6 heterocycles. The third-order valence-corrected chi connectivity index (χ3v) is 15.0. The van der Waals surface area contributed by atoms with E-state index >= 15 is 0 Å². The molecule has 0 radical (unpaired) electrons. The number of hydrogen-bond acceptors (Lipinski definition) is 13. The van der Waals surface area contributed by atoms with Crippen molar-refractivity contribution < 1.29 is 43.9 Å². The molecule has 5 N–H and O–H groups in total. The second kappa shape index (κ2) is 20.5. The Labute approximate surface area is 411 Å². The average Bonchev–Trinajstić information content (AvgIpc) is 4.00. The highest BCUT2D eigenvalue weighted by molar-refractivity contribution is 6.19. The van der Waals surface area contributed by atoms with E-state index in [2.05, 4.69) is 46.4 Å². The van der Waals surface area contributed by atoms with E-state index in [1.165, 1.54) is 18.7 Å². The monoisotopic (exact) mass is 961 g/mol. The number of aromatic hydroxyl groups is 2. The van der Waals surface area contributed by atoms with Crippen molar-refractivity contribution in [2.75, 3.05) is 38.0 Å². The lowest BCUT2D eigenvalue weighted by atomic mass is 9.80. The summed E-state index contributed by atoms with van der Waals surface area (Å²) < 4.78 is 18.8. The van der Waals surface area contributed by atoms with E-state index in [4.69, 9.17) is 24.2 Å². The van der Waals surface area contributed by atoms with Crippen molar-refractivity contribution in [3.63, 3.8) is 0 Å². The van der Waals surface area contributed by atoms with Gasteiger partial charge in [-0.15, -0.1) is 0 Å². The van der Waals surface area contributed by atoms with Crippen LogP contribution in [-0.4, -0.2) is 105 Å². The molecule has 6 aliphatic rings. The number of ether oxygens (including phenoxy) is 3. The Morgan fingerprint density at radius 2 is 1.69 bits per heavy atom. The fourth-order valence-electron chi connectivity index (χ4n) is 11.1. The van der Waals surface area contributed by atoms with Gasteiger partial charge in [-0.05, 0) is 68.4 Å². The maximum atomic E-state index is 14.8. The van der Waals surface area contributed by atoms with Crippen LogP contribution in [0.25, 0.3) is 10.8 Å². The van der Waals surface area contributed by atoms with Gasteiger partial charge in [0.05, 0.1) is 28.7 Å². The second-order valence-electron chi connectivity index (χ2n) is 21.3. The van der Waals surface area contributed by atoms with Gasteiger partial charge in [-0.1, -0.05) is 90.1 Å². The predicted octanol–water partition coefficient (Wildman–Crippen LogP) is 7.59. The molecule has 376 valence electrons. The quantitative estimate of drug-likeness (QED) is 0.153. The van der Waals surface area contributed by atoms with Crippen LogP contribution in [0.5, 0.6) is 17.2 Å². The summed E-state index contributed by atoms with van der Waals surface area (Å²) in [6.45, 7) is 21.7. The summed E-state index contributed by atoms with van der Waals surface area (Å²) >= 11 is 0. The zero-order chi connectivity index (χ0) is 50.2. The molecule has 0 saturated carbocycles. The van der Waals surface area contributed by atoms with Crippen LogP contribution < -0.4 is 26.1 Å². The van der Waals surface area contributed by atoms with Gasteiger partial charge >= 0.3 is 11.9 Å². The van der Waals surface area contributed by atoms with Crippen molar-refractivity contribution in [2.45, 2.75) is 131 Å². The number of likely N-dealkylation sites (tertiary alicyclic amines) is 2. The van der Waals surface area contributed by atoms with Crippen LogP contribution in [-0.2, 0) is 20.8 Å². The van der Waals surface area contributed by atoms with Crippen LogP contribution in [0, 0.1) is 36.5 Å². The molecule has 9 rings (SSSR count). The van der Waals surface area contributed by atoms with Crippen molar-refractivity contribution in [2.24, 2.45) is 39.6 Å². The molecule has 0 aliphatic carbocycles. The molecule has 15 heteroatoms. The smallest absolute Gasteiger partial charge is 0.407 e. The van der Waals surface area contributed by atoms with Crippen LogP contribution in [0.3, 0.4) is 0 Å². The normalized spacial score (nSPS) is 30.2. The Bertz CT molecular complexity index is 2710. The number of aliphatic hydroxyl groups is 1. The molecular weight excluding hydrogens is 889 g/mol. The molecule has 15 nitrogen and oxygen atoms in total. The zero-order valence-electron chi connectivity index (χ0n) is 42.3. The summed E-state index contributed by atoms with van der Waals surface area (Å²) in [5.41, 5.74) is 0.898. The lowest BCUT2D eigenvalue weighted by molar-refractivity contribution is -0.112. The molecule has 8 atom stereocenters. The SMILES string of the molecule is C/C1=C/C=C/C(C)C[C@@H](C)C(O)[C@@H](C)C(OC(=O)NC2CCN(Cc3ccccc3)C2)[C@H](C)C/C=C/OC2(C)Oc3c(C)c(O)c4c(O)c(c5c(c4c3C2=O)=NC2(CCN(CC(C)C)CC2)N=5)NC1=O. The molecule has 0 aromatic heterocycles. The Morgan fingerprint density at radius 3 is 2.40 bits per heavy atom. The first-order valence-corrected chi connectivity index (χ1v) is 25.2. The Kier molecular flexibility index (Phi) is 14.8. The molecule has 5 unspecified atom stereocenters. The number of carbonyl (C=O) groups excluding carboxylic acids is 3. The number of alkyl carbamates (subject to hydrolysis) is 1. The number of amides is 2. The summed E-state index contributed by atoms with van der Waals surface area (Å²) in [6.07, 6.45) is 9.43. The minimum Gasteiger partial charge on any atom is -0.507 e. The summed E-state index contributed by atoms with van der Waals surface area (Å²) in [4.78, 5) is 57.7. The van der Waals surface area contributed by atoms with Gasteiger partial charge in [-0.3, -0.25) is 24.5 Å². The molecule has 2 fully saturated rings. The van der Waals surface area contributed by atoms with Crippen molar-refractivity contribution in [3.05, 3.63) is 93.9 Å². The maximum Gasteiger partial charge on any atom is 0.407 e. The number of anilines is 1. The number of benzene rings is 3. The fraction of sp³-hybridized carbons (Fsp3) is 0.545. The van der Waals surface area contributed by atoms with Crippen molar-refractivity contribution in [1.29, 1.82) is 0 Å². The van der Waals surface area contributed by atoms with Crippen LogP contribution in [0.15, 0.2) is 76.5 Å². The minimum absolute atomic E-state index is 0.00455. The van der Waals surface area contributed by atoms with Crippen molar-refractivity contribution in [1.82, 2.24) is 15.1 Å². The molecule has 70 heavy (non-hydrogen) atoms. The Hall–Kier alpha value is -5.77. The number of fused-ring (bicyclic) bond motifs is 13. The topological polar surface area (TPSA) is 195 Å². The summed E-state index contributed by atoms with van der Waals surface area (Å²) in [7, 11) is 0. The number of nitrogens with one attached hydrogen (secondary N) is 2. The highest BCUT2D eigenvalue weighted by Gasteiger charge is 2.50. The molecule has 2 saturated heterocycles. The van der Waals surface area contributed by atoms with E-state index in [-0.39, 0.29) is 73.6 Å². The Morgan fingerprint density at radius 1 is 0.971 bits per heavy atom. The van der Waals surface area contributed by atoms with E-state index in [0.29, 0.717) is 43.7 Å².